The van der Waals surface area contributed by atoms with Gasteiger partial charge in [0.15, 0.2) is 0 Å². The predicted molar refractivity (Wildman–Crippen MR) is 99.1 cm³/mol. The SMILES string of the molecule is O=C(N[C@H]1CCc2c(O)cccc21)c1ccc(-c2ccccc2)[nH]c1=O. The van der Waals surface area contributed by atoms with Crippen LogP contribution in [0.4, 0.5) is 0 Å². The van der Waals surface area contributed by atoms with Gasteiger partial charge in [-0.05, 0) is 47.7 Å². The van der Waals surface area contributed by atoms with E-state index in [2.05, 4.69) is 10.3 Å². The van der Waals surface area contributed by atoms with Crippen molar-refractivity contribution in [2.45, 2.75) is 18.9 Å². The van der Waals surface area contributed by atoms with Gasteiger partial charge in [-0.1, -0.05) is 42.5 Å². The van der Waals surface area contributed by atoms with Gasteiger partial charge in [-0.2, -0.15) is 0 Å². The summed E-state index contributed by atoms with van der Waals surface area (Å²) >= 11 is 0. The maximum atomic E-state index is 12.6. The quantitative estimate of drug-likeness (QED) is 0.681. The molecule has 0 spiro atoms. The molecule has 1 heterocycles. The van der Waals surface area contributed by atoms with Gasteiger partial charge in [-0.15, -0.1) is 0 Å². The molecule has 26 heavy (non-hydrogen) atoms. The van der Waals surface area contributed by atoms with Crippen molar-refractivity contribution in [3.05, 3.63) is 87.7 Å². The molecular weight excluding hydrogens is 328 g/mol. The lowest BCUT2D eigenvalue weighted by atomic mass is 10.1. The van der Waals surface area contributed by atoms with Gasteiger partial charge in [0.2, 0.25) is 0 Å². The number of rotatable bonds is 3. The number of aromatic hydroxyl groups is 1. The molecule has 0 bridgehead atoms. The van der Waals surface area contributed by atoms with Crippen LogP contribution in [-0.2, 0) is 6.42 Å². The maximum absolute atomic E-state index is 12.6. The Bertz CT molecular complexity index is 1020. The fraction of sp³-hybridized carbons (Fsp3) is 0.143. The molecule has 3 aromatic rings. The third kappa shape index (κ3) is 2.88. The predicted octanol–water partition coefficient (Wildman–Crippen LogP) is 3.16. The molecule has 2 aromatic carbocycles. The molecule has 5 nitrogen and oxygen atoms in total. The van der Waals surface area contributed by atoms with E-state index in [1.54, 1.807) is 24.3 Å². The summed E-state index contributed by atoms with van der Waals surface area (Å²) in [5, 5.41) is 12.8. The highest BCUT2D eigenvalue weighted by Crippen LogP contribution is 2.36. The number of fused-ring (bicyclic) bond motifs is 1. The molecule has 0 aliphatic heterocycles. The van der Waals surface area contributed by atoms with Crippen LogP contribution in [0.2, 0.25) is 0 Å². The van der Waals surface area contributed by atoms with Crippen molar-refractivity contribution in [1.82, 2.24) is 10.3 Å². The molecule has 3 N–H and O–H groups in total. The van der Waals surface area contributed by atoms with Crippen molar-refractivity contribution >= 4 is 5.91 Å². The molecule has 130 valence electrons. The second-order valence-electron chi connectivity index (χ2n) is 6.39. The Labute approximate surface area is 150 Å². The molecule has 1 aliphatic carbocycles. The van der Waals surface area contributed by atoms with Gasteiger partial charge in [0.1, 0.15) is 11.3 Å². The Morgan fingerprint density at radius 2 is 1.85 bits per heavy atom. The Morgan fingerprint density at radius 3 is 2.62 bits per heavy atom. The van der Waals surface area contributed by atoms with E-state index in [1.807, 2.05) is 36.4 Å². The number of hydrogen-bond acceptors (Lipinski definition) is 3. The van der Waals surface area contributed by atoms with Crippen molar-refractivity contribution in [2.24, 2.45) is 0 Å². The highest BCUT2D eigenvalue weighted by molar-refractivity contribution is 5.94. The number of aromatic amines is 1. The van der Waals surface area contributed by atoms with Crippen LogP contribution >= 0.6 is 0 Å². The van der Waals surface area contributed by atoms with Gasteiger partial charge in [0.05, 0.1) is 6.04 Å². The summed E-state index contributed by atoms with van der Waals surface area (Å²) in [7, 11) is 0. The van der Waals surface area contributed by atoms with E-state index in [0.29, 0.717) is 18.5 Å². The molecule has 0 radical (unpaired) electrons. The Kier molecular flexibility index (Phi) is 4.05. The van der Waals surface area contributed by atoms with Crippen LogP contribution in [0.25, 0.3) is 11.3 Å². The van der Waals surface area contributed by atoms with E-state index >= 15 is 0 Å². The minimum atomic E-state index is -0.419. The highest BCUT2D eigenvalue weighted by atomic mass is 16.3. The van der Waals surface area contributed by atoms with Gasteiger partial charge in [-0.25, -0.2) is 0 Å². The zero-order chi connectivity index (χ0) is 18.1. The van der Waals surface area contributed by atoms with E-state index in [1.165, 1.54) is 0 Å². The number of H-pyrrole nitrogens is 1. The number of aromatic nitrogens is 1. The van der Waals surface area contributed by atoms with Gasteiger partial charge >= 0.3 is 0 Å². The minimum Gasteiger partial charge on any atom is -0.508 e. The van der Waals surface area contributed by atoms with Crippen LogP contribution < -0.4 is 10.9 Å². The summed E-state index contributed by atoms with van der Waals surface area (Å²) in [5.41, 5.74) is 3.00. The number of phenols is 1. The van der Waals surface area contributed by atoms with Crippen LogP contribution in [0.3, 0.4) is 0 Å². The zero-order valence-corrected chi connectivity index (χ0v) is 14.0. The third-order valence-corrected chi connectivity index (χ3v) is 4.79. The monoisotopic (exact) mass is 346 g/mol. The normalized spacial score (nSPS) is 15.5. The first-order valence-corrected chi connectivity index (χ1v) is 8.54. The van der Waals surface area contributed by atoms with Crippen LogP contribution in [0, 0.1) is 0 Å². The van der Waals surface area contributed by atoms with E-state index in [0.717, 1.165) is 16.7 Å². The van der Waals surface area contributed by atoms with Gasteiger partial charge in [0, 0.05) is 5.69 Å². The number of carbonyl (C=O) groups is 1. The van der Waals surface area contributed by atoms with Crippen molar-refractivity contribution in [3.8, 4) is 17.0 Å². The lowest BCUT2D eigenvalue weighted by Gasteiger charge is -2.14. The largest absolute Gasteiger partial charge is 0.508 e. The van der Waals surface area contributed by atoms with E-state index < -0.39 is 11.5 Å². The second-order valence-corrected chi connectivity index (χ2v) is 6.39. The van der Waals surface area contributed by atoms with Crippen LogP contribution in [0.1, 0.15) is 33.9 Å². The summed E-state index contributed by atoms with van der Waals surface area (Å²) in [6, 6.07) is 17.9. The number of carbonyl (C=O) groups excluding carboxylic acids is 1. The molecule has 0 fully saturated rings. The molecule has 4 rings (SSSR count). The molecule has 1 atom stereocenters. The first-order chi connectivity index (χ1) is 12.6. The first-order valence-electron chi connectivity index (χ1n) is 8.54. The van der Waals surface area contributed by atoms with Crippen molar-refractivity contribution in [2.75, 3.05) is 0 Å². The number of phenolic OH excluding ortho intramolecular Hbond substituents is 1. The van der Waals surface area contributed by atoms with E-state index in [4.69, 9.17) is 0 Å². The first kappa shape index (κ1) is 16.1. The second kappa shape index (κ2) is 6.52. The van der Waals surface area contributed by atoms with Gasteiger partial charge < -0.3 is 15.4 Å². The Morgan fingerprint density at radius 1 is 1.04 bits per heavy atom. The number of pyridine rings is 1. The fourth-order valence-corrected chi connectivity index (χ4v) is 3.46. The fourth-order valence-electron chi connectivity index (χ4n) is 3.46. The Balaban J connectivity index is 1.57. The molecule has 1 aliphatic rings. The third-order valence-electron chi connectivity index (χ3n) is 4.79. The van der Waals surface area contributed by atoms with Crippen LogP contribution in [0.5, 0.6) is 5.75 Å². The van der Waals surface area contributed by atoms with E-state index in [9.17, 15) is 14.7 Å². The smallest absolute Gasteiger partial charge is 0.261 e. The number of hydrogen-bond donors (Lipinski definition) is 3. The Hall–Kier alpha value is -3.34. The molecule has 1 aromatic heterocycles. The molecule has 0 unspecified atom stereocenters. The summed E-state index contributed by atoms with van der Waals surface area (Å²) < 4.78 is 0. The van der Waals surface area contributed by atoms with Crippen molar-refractivity contribution in [1.29, 1.82) is 0 Å². The lowest BCUT2D eigenvalue weighted by molar-refractivity contribution is 0.0935. The average Bonchev–Trinajstić information content (AvgIpc) is 3.06. The number of nitrogens with one attached hydrogen (secondary N) is 2. The molecule has 0 saturated heterocycles. The maximum Gasteiger partial charge on any atom is 0.261 e. The van der Waals surface area contributed by atoms with Gasteiger partial charge in [0.25, 0.3) is 11.5 Å². The number of amides is 1. The average molecular weight is 346 g/mol. The van der Waals surface area contributed by atoms with Crippen molar-refractivity contribution in [3.63, 3.8) is 0 Å². The van der Waals surface area contributed by atoms with Crippen molar-refractivity contribution < 1.29 is 9.90 Å². The summed E-state index contributed by atoms with van der Waals surface area (Å²) in [4.78, 5) is 27.7. The highest BCUT2D eigenvalue weighted by Gasteiger charge is 2.26. The minimum absolute atomic E-state index is 0.0817. The lowest BCUT2D eigenvalue weighted by Crippen LogP contribution is -2.32. The molecule has 0 saturated carbocycles. The topological polar surface area (TPSA) is 82.2 Å². The summed E-state index contributed by atoms with van der Waals surface area (Å²) in [6.07, 6.45) is 1.41. The van der Waals surface area contributed by atoms with E-state index in [-0.39, 0.29) is 17.4 Å². The molecule has 1 amide bonds. The molecule has 5 heteroatoms. The van der Waals surface area contributed by atoms with Gasteiger partial charge in [-0.3, -0.25) is 9.59 Å². The zero-order valence-electron chi connectivity index (χ0n) is 14.0. The number of benzene rings is 2. The van der Waals surface area contributed by atoms with Crippen LogP contribution in [-0.4, -0.2) is 16.0 Å². The molecular formula is C21H18N2O3. The summed E-state index contributed by atoms with van der Waals surface area (Å²) in [6.45, 7) is 0. The van der Waals surface area contributed by atoms with Crippen LogP contribution in [0.15, 0.2) is 65.5 Å². The summed E-state index contributed by atoms with van der Waals surface area (Å²) in [5.74, 6) is -0.156. The standard InChI is InChI=1S/C21H18N2O3/c24-19-8-4-7-14-15(19)9-12-18(14)23-21(26)16-10-11-17(22-20(16)25)13-5-2-1-3-6-13/h1-8,10-11,18,24H,9,12H2,(H,22,25)(H,23,26)/t18-/m0/s1.